The fourth-order valence-corrected chi connectivity index (χ4v) is 2.86. The second-order valence-electron chi connectivity index (χ2n) is 4.63. The van der Waals surface area contributed by atoms with Gasteiger partial charge in [0, 0.05) is 12.2 Å². The van der Waals surface area contributed by atoms with Gasteiger partial charge in [-0.25, -0.2) is 0 Å². The smallest absolute Gasteiger partial charge is 0.257 e. The highest BCUT2D eigenvalue weighted by molar-refractivity contribution is 9.11. The van der Waals surface area contributed by atoms with Crippen molar-refractivity contribution in [1.82, 2.24) is 5.32 Å². The number of rotatable bonds is 6. The highest BCUT2D eigenvalue weighted by atomic mass is 79.9. The summed E-state index contributed by atoms with van der Waals surface area (Å²) in [4.78, 5) is 11.6. The minimum absolute atomic E-state index is 0.0147. The Kier molecular flexibility index (Phi) is 6.65. The summed E-state index contributed by atoms with van der Waals surface area (Å²) in [6.45, 7) is 4.89. The van der Waals surface area contributed by atoms with E-state index in [9.17, 15) is 4.79 Å². The van der Waals surface area contributed by atoms with E-state index in [0.717, 1.165) is 6.42 Å². The topological polar surface area (TPSA) is 64.3 Å². The van der Waals surface area contributed by atoms with E-state index in [1.54, 1.807) is 12.1 Å². The lowest BCUT2D eigenvalue weighted by Crippen LogP contribution is -2.30. The molecular formula is C13H18Br2N2O2. The average molecular weight is 394 g/mol. The molecule has 0 saturated carbocycles. The fraction of sp³-hybridized carbons (Fsp3) is 0.462. The molecule has 0 aliphatic carbocycles. The summed E-state index contributed by atoms with van der Waals surface area (Å²) in [5, 5.41) is 2.82. The van der Waals surface area contributed by atoms with Crippen LogP contribution >= 0.6 is 31.9 Å². The first-order valence-corrected chi connectivity index (χ1v) is 7.62. The maximum Gasteiger partial charge on any atom is 0.257 e. The second kappa shape index (κ2) is 7.75. The number of carbonyl (C=O) groups excluding carboxylic acids is 1. The first-order chi connectivity index (χ1) is 8.90. The summed E-state index contributed by atoms with van der Waals surface area (Å²) in [6, 6.07) is 3.47. The predicted octanol–water partition coefficient (Wildman–Crippen LogP) is 3.33. The molecule has 1 rings (SSSR count). The van der Waals surface area contributed by atoms with E-state index in [1.807, 2.05) is 0 Å². The van der Waals surface area contributed by atoms with Gasteiger partial charge in [0.1, 0.15) is 5.75 Å². The molecule has 0 radical (unpaired) electrons. The SMILES string of the molecule is CC(C)CCNC(=O)COc1c(Br)cc(N)cc1Br. The number of benzene rings is 1. The lowest BCUT2D eigenvalue weighted by Gasteiger charge is -2.11. The van der Waals surface area contributed by atoms with Crippen molar-refractivity contribution in [1.29, 1.82) is 0 Å². The molecule has 0 bridgehead atoms. The van der Waals surface area contributed by atoms with Crippen LogP contribution in [-0.4, -0.2) is 19.1 Å². The zero-order valence-electron chi connectivity index (χ0n) is 11.0. The normalized spacial score (nSPS) is 10.6. The van der Waals surface area contributed by atoms with Crippen LogP contribution in [0.2, 0.25) is 0 Å². The predicted molar refractivity (Wildman–Crippen MR) is 84.2 cm³/mol. The van der Waals surface area contributed by atoms with E-state index in [-0.39, 0.29) is 12.5 Å². The van der Waals surface area contributed by atoms with Crippen molar-refractivity contribution in [3.63, 3.8) is 0 Å². The number of nitrogen functional groups attached to an aromatic ring is 1. The van der Waals surface area contributed by atoms with Crippen molar-refractivity contribution < 1.29 is 9.53 Å². The first-order valence-electron chi connectivity index (χ1n) is 6.04. The number of anilines is 1. The maximum absolute atomic E-state index is 11.6. The van der Waals surface area contributed by atoms with Crippen LogP contribution in [0.25, 0.3) is 0 Å². The molecule has 3 N–H and O–H groups in total. The van der Waals surface area contributed by atoms with Crippen LogP contribution < -0.4 is 15.8 Å². The van der Waals surface area contributed by atoms with Crippen LogP contribution in [0.15, 0.2) is 21.1 Å². The van der Waals surface area contributed by atoms with E-state index < -0.39 is 0 Å². The monoisotopic (exact) mass is 392 g/mol. The van der Waals surface area contributed by atoms with Crippen LogP contribution in [0.1, 0.15) is 20.3 Å². The zero-order valence-corrected chi connectivity index (χ0v) is 14.2. The second-order valence-corrected chi connectivity index (χ2v) is 6.34. The van der Waals surface area contributed by atoms with Gasteiger partial charge in [-0.2, -0.15) is 0 Å². The molecule has 0 saturated heterocycles. The number of amides is 1. The Labute approximate surface area is 130 Å². The molecule has 0 heterocycles. The largest absolute Gasteiger partial charge is 0.481 e. The minimum atomic E-state index is -0.128. The van der Waals surface area contributed by atoms with E-state index in [4.69, 9.17) is 10.5 Å². The molecule has 0 unspecified atom stereocenters. The van der Waals surface area contributed by atoms with Crippen LogP contribution in [0, 0.1) is 5.92 Å². The van der Waals surface area contributed by atoms with Crippen LogP contribution in [0.4, 0.5) is 5.69 Å². The Morgan fingerprint density at radius 2 is 1.95 bits per heavy atom. The van der Waals surface area contributed by atoms with Gasteiger partial charge in [-0.3, -0.25) is 4.79 Å². The highest BCUT2D eigenvalue weighted by Crippen LogP contribution is 2.35. The third kappa shape index (κ3) is 5.82. The minimum Gasteiger partial charge on any atom is -0.481 e. The summed E-state index contributed by atoms with van der Waals surface area (Å²) in [5.41, 5.74) is 6.30. The molecule has 1 aromatic rings. The third-order valence-electron chi connectivity index (χ3n) is 2.41. The highest BCUT2D eigenvalue weighted by Gasteiger charge is 2.10. The third-order valence-corrected chi connectivity index (χ3v) is 3.59. The molecule has 0 aliphatic heterocycles. The van der Waals surface area contributed by atoms with E-state index in [2.05, 4.69) is 51.0 Å². The van der Waals surface area contributed by atoms with E-state index in [1.165, 1.54) is 0 Å². The Morgan fingerprint density at radius 3 is 2.47 bits per heavy atom. The van der Waals surface area contributed by atoms with Gasteiger partial charge >= 0.3 is 0 Å². The zero-order chi connectivity index (χ0) is 14.4. The summed E-state index contributed by atoms with van der Waals surface area (Å²) in [6.07, 6.45) is 0.959. The molecule has 0 atom stereocenters. The average Bonchev–Trinajstić information content (AvgIpc) is 2.26. The van der Waals surface area contributed by atoms with E-state index in [0.29, 0.717) is 32.8 Å². The van der Waals surface area contributed by atoms with E-state index >= 15 is 0 Å². The Morgan fingerprint density at radius 1 is 1.37 bits per heavy atom. The molecule has 0 aromatic heterocycles. The van der Waals surface area contributed by atoms with Crippen molar-refractivity contribution in [2.24, 2.45) is 5.92 Å². The summed E-state index contributed by atoms with van der Waals surface area (Å²) in [5.74, 6) is 1.02. The standard InChI is InChI=1S/C13H18Br2N2O2/c1-8(2)3-4-17-12(18)7-19-13-10(14)5-9(16)6-11(13)15/h5-6,8H,3-4,7,16H2,1-2H3,(H,17,18). The summed E-state index contributed by atoms with van der Waals surface area (Å²) >= 11 is 6.71. The lowest BCUT2D eigenvalue weighted by atomic mass is 10.1. The van der Waals surface area contributed by atoms with Crippen molar-refractivity contribution in [3.8, 4) is 5.75 Å². The first kappa shape index (κ1) is 16.3. The van der Waals surface area contributed by atoms with Crippen molar-refractivity contribution >= 4 is 43.5 Å². The van der Waals surface area contributed by atoms with Gasteiger partial charge in [-0.15, -0.1) is 0 Å². The molecule has 1 amide bonds. The van der Waals surface area contributed by atoms with Crippen LogP contribution in [0.3, 0.4) is 0 Å². The van der Waals surface area contributed by atoms with Gasteiger partial charge in [0.15, 0.2) is 6.61 Å². The number of hydrogen-bond donors (Lipinski definition) is 2. The quantitative estimate of drug-likeness (QED) is 0.728. The fourth-order valence-electron chi connectivity index (χ4n) is 1.41. The van der Waals surface area contributed by atoms with Gasteiger partial charge in [-0.05, 0) is 56.3 Å². The maximum atomic E-state index is 11.6. The van der Waals surface area contributed by atoms with Crippen molar-refractivity contribution in [2.75, 3.05) is 18.9 Å². The molecule has 1 aromatic carbocycles. The van der Waals surface area contributed by atoms with Crippen LogP contribution in [0.5, 0.6) is 5.75 Å². The Balaban J connectivity index is 2.46. The molecule has 0 fully saturated rings. The van der Waals surface area contributed by atoms with Gasteiger partial charge in [-0.1, -0.05) is 13.8 Å². The number of nitrogens with two attached hydrogens (primary N) is 1. The molecule has 19 heavy (non-hydrogen) atoms. The van der Waals surface area contributed by atoms with Crippen LogP contribution in [-0.2, 0) is 4.79 Å². The van der Waals surface area contributed by atoms with Crippen molar-refractivity contribution in [2.45, 2.75) is 20.3 Å². The Bertz CT molecular complexity index is 427. The number of ether oxygens (including phenoxy) is 1. The number of hydrogen-bond acceptors (Lipinski definition) is 3. The molecule has 0 aliphatic rings. The van der Waals surface area contributed by atoms with Crippen molar-refractivity contribution in [3.05, 3.63) is 21.1 Å². The molecule has 6 heteroatoms. The molecular weight excluding hydrogens is 376 g/mol. The molecule has 0 spiro atoms. The number of carbonyl (C=O) groups is 1. The number of nitrogens with one attached hydrogen (secondary N) is 1. The van der Waals surface area contributed by atoms with Gasteiger partial charge in [0.05, 0.1) is 8.95 Å². The number of halogens is 2. The summed E-state index contributed by atoms with van der Waals surface area (Å²) in [7, 11) is 0. The lowest BCUT2D eigenvalue weighted by molar-refractivity contribution is -0.123. The molecule has 4 nitrogen and oxygen atoms in total. The summed E-state index contributed by atoms with van der Waals surface area (Å²) < 4.78 is 6.91. The van der Waals surface area contributed by atoms with Gasteiger partial charge in [0.25, 0.3) is 5.91 Å². The molecule has 106 valence electrons. The Hall–Kier alpha value is -0.750. The van der Waals surface area contributed by atoms with Gasteiger partial charge in [0.2, 0.25) is 0 Å². The van der Waals surface area contributed by atoms with Gasteiger partial charge < -0.3 is 15.8 Å².